The number of rotatable bonds is 8. The highest BCUT2D eigenvalue weighted by molar-refractivity contribution is 7.96. The number of carbonyl (C=O) groups excluding carboxylic acids is 3. The van der Waals surface area contributed by atoms with Gasteiger partial charge in [0.05, 0.1) is 12.5 Å². The quantitative estimate of drug-likeness (QED) is 0.328. The van der Waals surface area contributed by atoms with E-state index in [2.05, 4.69) is 18.1 Å². The van der Waals surface area contributed by atoms with Crippen molar-refractivity contribution in [2.24, 2.45) is 0 Å². The number of amides is 2. The fourth-order valence-electron chi connectivity index (χ4n) is 3.09. The van der Waals surface area contributed by atoms with Gasteiger partial charge < -0.3 is 0 Å². The van der Waals surface area contributed by atoms with E-state index in [-0.39, 0.29) is 12.2 Å². The molecule has 0 heterocycles. The Morgan fingerprint density at radius 2 is 1.27 bits per heavy atom. The topological polar surface area (TPSA) is 66.5 Å². The predicted octanol–water partition coefficient (Wildman–Crippen LogP) is 4.11. The van der Waals surface area contributed by atoms with Gasteiger partial charge in [-0.15, -0.1) is 0 Å². The zero-order valence-electron chi connectivity index (χ0n) is 16.3. The molecule has 3 aromatic carbocycles. The summed E-state index contributed by atoms with van der Waals surface area (Å²) in [5.41, 5.74) is 4.99. The number of hydrogen-bond acceptors (Lipinski definition) is 4. The molecule has 1 N–H and O–H groups in total. The second kappa shape index (κ2) is 10.5. The minimum Gasteiger partial charge on any atom is -0.292 e. The van der Waals surface area contributed by atoms with Crippen molar-refractivity contribution in [2.45, 2.75) is 18.9 Å². The maximum Gasteiger partial charge on any atom is 0.299 e. The maximum absolute atomic E-state index is 13.2. The SMILES string of the molecule is O=C(c1ccccc1)C(Cc1ccccc1)NN(C(=O)S)C(=O)Cc1ccccc1. The van der Waals surface area contributed by atoms with E-state index in [0.29, 0.717) is 12.0 Å². The zero-order valence-corrected chi connectivity index (χ0v) is 17.2. The van der Waals surface area contributed by atoms with E-state index in [1.807, 2.05) is 54.6 Å². The summed E-state index contributed by atoms with van der Waals surface area (Å²) in [6.07, 6.45) is 0.322. The van der Waals surface area contributed by atoms with Crippen LogP contribution in [0.4, 0.5) is 4.79 Å². The summed E-state index contributed by atoms with van der Waals surface area (Å²) >= 11 is 3.85. The number of imide groups is 1. The summed E-state index contributed by atoms with van der Waals surface area (Å²) in [5, 5.41) is 0.0553. The van der Waals surface area contributed by atoms with Gasteiger partial charge in [0, 0.05) is 5.56 Å². The number of thiol groups is 1. The minimum absolute atomic E-state index is 0.0116. The van der Waals surface area contributed by atoms with E-state index < -0.39 is 17.2 Å². The summed E-state index contributed by atoms with van der Waals surface area (Å²) in [4.78, 5) is 38.1. The third kappa shape index (κ3) is 5.89. The molecule has 0 spiro atoms. The number of ketones is 1. The molecule has 0 fully saturated rings. The monoisotopic (exact) mass is 418 g/mol. The third-order valence-corrected chi connectivity index (χ3v) is 4.78. The van der Waals surface area contributed by atoms with Crippen molar-refractivity contribution >= 4 is 29.6 Å². The van der Waals surface area contributed by atoms with E-state index in [4.69, 9.17) is 0 Å². The van der Waals surface area contributed by atoms with Crippen LogP contribution in [0.25, 0.3) is 0 Å². The van der Waals surface area contributed by atoms with Crippen LogP contribution in [0, 0.1) is 0 Å². The van der Waals surface area contributed by atoms with Crippen molar-refractivity contribution in [1.29, 1.82) is 0 Å². The first-order valence-electron chi connectivity index (χ1n) is 9.54. The lowest BCUT2D eigenvalue weighted by Gasteiger charge is -2.26. The number of benzene rings is 3. The fraction of sp³-hybridized carbons (Fsp3) is 0.125. The van der Waals surface area contributed by atoms with Crippen LogP contribution < -0.4 is 5.43 Å². The van der Waals surface area contributed by atoms with Gasteiger partial charge >= 0.3 is 0 Å². The van der Waals surface area contributed by atoms with Crippen LogP contribution in [0.5, 0.6) is 0 Å². The van der Waals surface area contributed by atoms with Gasteiger partial charge in [0.25, 0.3) is 5.24 Å². The van der Waals surface area contributed by atoms with Gasteiger partial charge in [-0.1, -0.05) is 104 Å². The molecule has 2 amide bonds. The van der Waals surface area contributed by atoms with Gasteiger partial charge in [0.1, 0.15) is 0 Å². The molecule has 3 rings (SSSR count). The molecular weight excluding hydrogens is 396 g/mol. The normalized spacial score (nSPS) is 11.5. The van der Waals surface area contributed by atoms with E-state index in [1.165, 1.54) is 0 Å². The predicted molar refractivity (Wildman–Crippen MR) is 119 cm³/mol. The Labute approximate surface area is 181 Å². The van der Waals surface area contributed by atoms with Crippen molar-refractivity contribution in [3.63, 3.8) is 0 Å². The highest BCUT2D eigenvalue weighted by atomic mass is 32.1. The Hall–Kier alpha value is -3.22. The maximum atomic E-state index is 13.2. The molecular formula is C24H22N2O3S. The third-order valence-electron chi connectivity index (χ3n) is 4.58. The summed E-state index contributed by atoms with van der Waals surface area (Å²) in [7, 11) is 0. The Balaban J connectivity index is 1.84. The Morgan fingerprint density at radius 3 is 1.80 bits per heavy atom. The Morgan fingerprint density at radius 1 is 0.767 bits per heavy atom. The molecule has 1 atom stereocenters. The highest BCUT2D eigenvalue weighted by Crippen LogP contribution is 2.12. The Kier molecular flexibility index (Phi) is 7.54. The molecule has 0 saturated heterocycles. The van der Waals surface area contributed by atoms with Crippen molar-refractivity contribution in [2.75, 3.05) is 0 Å². The standard InChI is InChI=1S/C24H22N2O3S/c27-22(17-19-12-6-2-7-13-19)26(24(29)30)25-21(16-18-10-4-1-5-11-18)23(28)20-14-8-3-9-15-20/h1-15,21,25H,16-17H2,(H,29,30). The molecule has 0 aliphatic carbocycles. The first-order chi connectivity index (χ1) is 14.5. The van der Waals surface area contributed by atoms with Crippen LogP contribution in [0.3, 0.4) is 0 Å². The van der Waals surface area contributed by atoms with Crippen LogP contribution in [0.2, 0.25) is 0 Å². The van der Waals surface area contributed by atoms with Gasteiger partial charge in [-0.3, -0.25) is 14.4 Å². The number of nitrogens with one attached hydrogen (secondary N) is 1. The Bertz CT molecular complexity index is 995. The van der Waals surface area contributed by atoms with Gasteiger partial charge in [-0.05, 0) is 17.5 Å². The van der Waals surface area contributed by atoms with Crippen LogP contribution in [0.15, 0.2) is 91.0 Å². The number of Topliss-reactive ketones (excluding diaryl/α,β-unsaturated/α-hetero) is 1. The molecule has 0 aromatic heterocycles. The molecule has 1 unspecified atom stereocenters. The summed E-state index contributed by atoms with van der Waals surface area (Å²) < 4.78 is 0. The second-order valence-electron chi connectivity index (χ2n) is 6.78. The number of nitrogens with zero attached hydrogens (tertiary/aromatic N) is 1. The van der Waals surface area contributed by atoms with Crippen molar-refractivity contribution in [3.05, 3.63) is 108 Å². The van der Waals surface area contributed by atoms with Gasteiger partial charge in [-0.2, -0.15) is 0 Å². The van der Waals surface area contributed by atoms with Crippen LogP contribution >= 0.6 is 12.6 Å². The molecule has 3 aromatic rings. The minimum atomic E-state index is -0.814. The van der Waals surface area contributed by atoms with Gasteiger partial charge in [-0.25, -0.2) is 10.4 Å². The lowest BCUT2D eigenvalue weighted by Crippen LogP contribution is -2.53. The average Bonchev–Trinajstić information content (AvgIpc) is 2.77. The second-order valence-corrected chi connectivity index (χ2v) is 7.16. The number of hydrogen-bond donors (Lipinski definition) is 2. The zero-order chi connectivity index (χ0) is 21.3. The first-order valence-corrected chi connectivity index (χ1v) is 9.98. The molecule has 0 saturated carbocycles. The largest absolute Gasteiger partial charge is 0.299 e. The average molecular weight is 419 g/mol. The first kappa shape index (κ1) is 21.5. The van der Waals surface area contributed by atoms with Crippen LogP contribution in [0.1, 0.15) is 21.5 Å². The highest BCUT2D eigenvalue weighted by Gasteiger charge is 2.28. The number of hydrazine groups is 1. The van der Waals surface area contributed by atoms with E-state index >= 15 is 0 Å². The summed E-state index contributed by atoms with van der Waals surface area (Å²) in [6.45, 7) is 0. The van der Waals surface area contributed by atoms with Crippen LogP contribution in [-0.4, -0.2) is 28.0 Å². The van der Waals surface area contributed by atoms with Crippen molar-refractivity contribution in [3.8, 4) is 0 Å². The molecule has 0 aliphatic rings. The molecule has 30 heavy (non-hydrogen) atoms. The lowest BCUT2D eigenvalue weighted by molar-refractivity contribution is -0.129. The lowest BCUT2D eigenvalue weighted by atomic mass is 9.98. The van der Waals surface area contributed by atoms with Gasteiger partial charge in [0.2, 0.25) is 5.91 Å². The molecule has 5 nitrogen and oxygen atoms in total. The molecule has 0 aliphatic heterocycles. The summed E-state index contributed by atoms with van der Waals surface area (Å²) in [6, 6.07) is 26.5. The van der Waals surface area contributed by atoms with Crippen molar-refractivity contribution in [1.82, 2.24) is 10.4 Å². The molecule has 0 bridgehead atoms. The van der Waals surface area contributed by atoms with E-state index in [0.717, 1.165) is 16.1 Å². The van der Waals surface area contributed by atoms with Crippen LogP contribution in [-0.2, 0) is 17.6 Å². The summed E-state index contributed by atoms with van der Waals surface area (Å²) in [5.74, 6) is -0.702. The fourth-order valence-corrected chi connectivity index (χ4v) is 3.26. The molecule has 0 radical (unpaired) electrons. The van der Waals surface area contributed by atoms with E-state index in [9.17, 15) is 14.4 Å². The van der Waals surface area contributed by atoms with Crippen molar-refractivity contribution < 1.29 is 14.4 Å². The number of carbonyl (C=O) groups is 3. The smallest absolute Gasteiger partial charge is 0.292 e. The van der Waals surface area contributed by atoms with E-state index in [1.54, 1.807) is 36.4 Å². The van der Waals surface area contributed by atoms with Gasteiger partial charge in [0.15, 0.2) is 5.78 Å². The molecule has 152 valence electrons. The molecule has 6 heteroatoms.